The average Bonchev–Trinajstić information content (AvgIpc) is 3.34. The average molecular weight is 411 g/mol. The molecule has 0 aliphatic carbocycles. The van der Waals surface area contributed by atoms with Gasteiger partial charge in [0.1, 0.15) is 17.5 Å². The van der Waals surface area contributed by atoms with Crippen LogP contribution in [0.2, 0.25) is 0 Å². The van der Waals surface area contributed by atoms with Crippen molar-refractivity contribution in [1.82, 2.24) is 24.9 Å². The highest BCUT2D eigenvalue weighted by atomic mass is 19.2. The van der Waals surface area contributed by atoms with Crippen molar-refractivity contribution >= 4 is 11.8 Å². The maximum atomic E-state index is 14.2. The second-order valence-electron chi connectivity index (χ2n) is 7.20. The summed E-state index contributed by atoms with van der Waals surface area (Å²) >= 11 is 0. The molecule has 1 unspecified atom stereocenters. The highest BCUT2D eigenvalue weighted by Gasteiger charge is 2.57. The Morgan fingerprint density at radius 2 is 1.97 bits per heavy atom. The Morgan fingerprint density at radius 3 is 2.70 bits per heavy atom. The summed E-state index contributed by atoms with van der Waals surface area (Å²) in [6.07, 6.45) is 4.19. The number of aromatic nitrogens is 3. The van der Waals surface area contributed by atoms with E-state index in [2.05, 4.69) is 15.1 Å². The molecule has 0 radical (unpaired) electrons. The first-order chi connectivity index (χ1) is 14.4. The standard InChI is InChI=1S/C20H15F2N5O3/c1-11-13(10-30-25-11)18(28)26-6-7-27-19(29)17-16(23-4-5-24-17)9-20(26,27)12-2-3-14(21)15(22)8-12/h2-5,8,10H,6-7,9H2,1H3. The van der Waals surface area contributed by atoms with E-state index in [1.165, 1.54) is 34.5 Å². The monoisotopic (exact) mass is 411 g/mol. The lowest BCUT2D eigenvalue weighted by atomic mass is 9.87. The number of halogens is 2. The van der Waals surface area contributed by atoms with Crippen molar-refractivity contribution in [3.63, 3.8) is 0 Å². The summed E-state index contributed by atoms with van der Waals surface area (Å²) in [5.74, 6) is -2.94. The van der Waals surface area contributed by atoms with Crippen LogP contribution in [0.25, 0.3) is 0 Å². The quantitative estimate of drug-likeness (QED) is 0.641. The van der Waals surface area contributed by atoms with Crippen LogP contribution in [0.5, 0.6) is 0 Å². The number of benzene rings is 1. The maximum absolute atomic E-state index is 14.2. The molecule has 2 aliphatic heterocycles. The van der Waals surface area contributed by atoms with Gasteiger partial charge < -0.3 is 14.3 Å². The van der Waals surface area contributed by atoms with Crippen molar-refractivity contribution in [2.45, 2.75) is 19.0 Å². The third-order valence-electron chi connectivity index (χ3n) is 5.68. The van der Waals surface area contributed by atoms with E-state index >= 15 is 0 Å². The predicted molar refractivity (Wildman–Crippen MR) is 97.1 cm³/mol. The fourth-order valence-corrected chi connectivity index (χ4v) is 4.28. The van der Waals surface area contributed by atoms with Gasteiger partial charge >= 0.3 is 0 Å². The van der Waals surface area contributed by atoms with Crippen LogP contribution >= 0.6 is 0 Å². The lowest BCUT2D eigenvalue weighted by Crippen LogP contribution is -2.59. The Kier molecular flexibility index (Phi) is 3.92. The van der Waals surface area contributed by atoms with Crippen LogP contribution in [0.1, 0.15) is 37.8 Å². The van der Waals surface area contributed by atoms with Gasteiger partial charge in [-0.25, -0.2) is 13.8 Å². The molecular weight excluding hydrogens is 396 g/mol. The molecule has 2 amide bonds. The fraction of sp³-hybridized carbons (Fsp3) is 0.250. The van der Waals surface area contributed by atoms with Gasteiger partial charge in [0, 0.05) is 37.5 Å². The molecule has 2 aromatic heterocycles. The zero-order valence-electron chi connectivity index (χ0n) is 15.8. The minimum Gasteiger partial charge on any atom is -0.364 e. The van der Waals surface area contributed by atoms with Crippen LogP contribution in [0.3, 0.4) is 0 Å². The minimum absolute atomic E-state index is 0.0864. The van der Waals surface area contributed by atoms with Gasteiger partial charge in [-0.2, -0.15) is 0 Å². The molecule has 0 bridgehead atoms. The number of rotatable bonds is 2. The SMILES string of the molecule is Cc1nocc1C(=O)N1CCN2C(=O)c3nccnc3CC12c1ccc(F)c(F)c1. The number of hydrogen-bond acceptors (Lipinski definition) is 6. The van der Waals surface area contributed by atoms with E-state index in [0.717, 1.165) is 12.1 Å². The largest absolute Gasteiger partial charge is 0.364 e. The second kappa shape index (κ2) is 6.41. The molecule has 152 valence electrons. The van der Waals surface area contributed by atoms with Gasteiger partial charge in [0.2, 0.25) is 0 Å². The van der Waals surface area contributed by atoms with E-state index in [-0.39, 0.29) is 36.3 Å². The molecule has 4 heterocycles. The van der Waals surface area contributed by atoms with Crippen molar-refractivity contribution in [3.8, 4) is 0 Å². The van der Waals surface area contributed by atoms with Crippen molar-refractivity contribution in [1.29, 1.82) is 0 Å². The highest BCUT2D eigenvalue weighted by Crippen LogP contribution is 2.45. The van der Waals surface area contributed by atoms with Gasteiger partial charge in [-0.1, -0.05) is 11.2 Å². The fourth-order valence-electron chi connectivity index (χ4n) is 4.28. The molecule has 10 heteroatoms. The second-order valence-corrected chi connectivity index (χ2v) is 7.20. The number of hydrogen-bond donors (Lipinski definition) is 0. The van der Waals surface area contributed by atoms with E-state index in [1.54, 1.807) is 6.92 Å². The molecule has 0 N–H and O–H groups in total. The third kappa shape index (κ3) is 2.39. The summed E-state index contributed by atoms with van der Waals surface area (Å²) in [7, 11) is 0. The first-order valence-corrected chi connectivity index (χ1v) is 9.24. The summed E-state index contributed by atoms with van der Waals surface area (Å²) < 4.78 is 32.8. The lowest BCUT2D eigenvalue weighted by molar-refractivity contribution is 0.00618. The lowest BCUT2D eigenvalue weighted by Gasteiger charge is -2.46. The van der Waals surface area contributed by atoms with Crippen LogP contribution in [0.15, 0.2) is 41.4 Å². The van der Waals surface area contributed by atoms with Crippen LogP contribution in [-0.2, 0) is 12.1 Å². The Morgan fingerprint density at radius 1 is 1.17 bits per heavy atom. The number of amides is 2. The minimum atomic E-state index is -1.38. The van der Waals surface area contributed by atoms with Gasteiger partial charge in [-0.05, 0) is 19.1 Å². The summed E-state index contributed by atoms with van der Waals surface area (Å²) in [4.78, 5) is 38.0. The zero-order valence-corrected chi connectivity index (χ0v) is 15.8. The van der Waals surface area contributed by atoms with Crippen LogP contribution in [-0.4, -0.2) is 49.8 Å². The highest BCUT2D eigenvalue weighted by molar-refractivity contribution is 5.99. The summed E-state index contributed by atoms with van der Waals surface area (Å²) in [6.45, 7) is 2.01. The molecular formula is C20H15F2N5O3. The molecule has 1 saturated heterocycles. The number of nitrogens with zero attached hydrogens (tertiary/aromatic N) is 5. The first-order valence-electron chi connectivity index (χ1n) is 9.24. The van der Waals surface area contributed by atoms with E-state index in [1.807, 2.05) is 0 Å². The zero-order chi connectivity index (χ0) is 21.0. The van der Waals surface area contributed by atoms with Crippen LogP contribution in [0, 0.1) is 18.6 Å². The molecule has 1 atom stereocenters. The molecule has 30 heavy (non-hydrogen) atoms. The first kappa shape index (κ1) is 18.3. The summed E-state index contributed by atoms with van der Waals surface area (Å²) in [6, 6.07) is 3.38. The van der Waals surface area contributed by atoms with Crippen molar-refractivity contribution in [3.05, 3.63) is 76.7 Å². The number of fused-ring (bicyclic) bond motifs is 2. The number of carbonyl (C=O) groups excluding carboxylic acids is 2. The molecule has 2 aliphatic rings. The molecule has 0 saturated carbocycles. The molecule has 1 aromatic carbocycles. The van der Waals surface area contributed by atoms with Crippen molar-refractivity contribution in [2.24, 2.45) is 0 Å². The Balaban J connectivity index is 1.73. The van der Waals surface area contributed by atoms with E-state index in [0.29, 0.717) is 11.4 Å². The van der Waals surface area contributed by atoms with Gasteiger partial charge in [-0.3, -0.25) is 14.6 Å². The van der Waals surface area contributed by atoms with Gasteiger partial charge in [-0.15, -0.1) is 0 Å². The Bertz CT molecular complexity index is 1200. The van der Waals surface area contributed by atoms with Gasteiger partial charge in [0.25, 0.3) is 11.8 Å². The smallest absolute Gasteiger partial charge is 0.276 e. The summed E-state index contributed by atoms with van der Waals surface area (Å²) in [5.41, 5.74) is 0.0786. The van der Waals surface area contributed by atoms with Gasteiger partial charge in [0.15, 0.2) is 17.3 Å². The summed E-state index contributed by atoms with van der Waals surface area (Å²) in [5, 5.41) is 3.75. The predicted octanol–water partition coefficient (Wildman–Crippen LogP) is 2.06. The van der Waals surface area contributed by atoms with E-state index < -0.39 is 29.1 Å². The Labute approximate surface area is 169 Å². The number of aryl methyl sites for hydroxylation is 1. The van der Waals surface area contributed by atoms with Crippen LogP contribution < -0.4 is 0 Å². The van der Waals surface area contributed by atoms with Gasteiger partial charge in [0.05, 0.1) is 11.4 Å². The molecule has 8 nitrogen and oxygen atoms in total. The maximum Gasteiger partial charge on any atom is 0.276 e. The van der Waals surface area contributed by atoms with E-state index in [9.17, 15) is 18.4 Å². The molecule has 1 fully saturated rings. The third-order valence-corrected chi connectivity index (χ3v) is 5.68. The van der Waals surface area contributed by atoms with Crippen molar-refractivity contribution in [2.75, 3.05) is 13.1 Å². The van der Waals surface area contributed by atoms with Crippen LogP contribution in [0.4, 0.5) is 8.78 Å². The molecule has 5 rings (SSSR count). The number of carbonyl (C=O) groups is 2. The Hall–Kier alpha value is -3.69. The normalized spacial score (nSPS) is 20.3. The molecule has 3 aromatic rings. The topological polar surface area (TPSA) is 92.4 Å². The van der Waals surface area contributed by atoms with E-state index in [4.69, 9.17) is 4.52 Å². The molecule has 0 spiro atoms. The van der Waals surface area contributed by atoms with Crippen molar-refractivity contribution < 1.29 is 22.9 Å².